The van der Waals surface area contributed by atoms with Crippen LogP contribution < -0.4 is 11.5 Å². The Bertz CT molecular complexity index is 1390. The maximum absolute atomic E-state index is 10.4. The molecule has 0 aliphatic rings. The maximum Gasteiger partial charge on any atom is 0.314 e. The van der Waals surface area contributed by atoms with Crippen molar-refractivity contribution in [3.05, 3.63) is 35.4 Å². The second-order valence-corrected chi connectivity index (χ2v) is 17.4. The summed E-state index contributed by atoms with van der Waals surface area (Å²) >= 11 is 0. The van der Waals surface area contributed by atoms with E-state index < -0.39 is 53.0 Å². The molecule has 0 saturated heterocycles. The molecule has 0 aliphatic heterocycles. The van der Waals surface area contributed by atoms with E-state index in [-0.39, 0.29) is 45.9 Å². The number of aliphatic carboxylic acids is 3. The van der Waals surface area contributed by atoms with Crippen molar-refractivity contribution in [1.82, 2.24) is 4.90 Å². The van der Waals surface area contributed by atoms with E-state index >= 15 is 0 Å². The highest BCUT2D eigenvalue weighted by Crippen LogP contribution is 2.30. The summed E-state index contributed by atoms with van der Waals surface area (Å²) in [6.45, 7) is 23.3. The Kier molecular flexibility index (Phi) is 54.3. The second kappa shape index (κ2) is 49.0. The van der Waals surface area contributed by atoms with E-state index in [1.54, 1.807) is 12.2 Å². The zero-order valence-corrected chi connectivity index (χ0v) is 43.7. The molecular formula is C49H95N5O15. The molecule has 14 N–H and O–H groups in total. The van der Waals surface area contributed by atoms with Crippen LogP contribution in [0, 0.1) is 16.7 Å². The minimum Gasteiger partial charge on any atom is -0.481 e. The van der Waals surface area contributed by atoms with E-state index in [1.165, 1.54) is 33.0 Å². The summed E-state index contributed by atoms with van der Waals surface area (Å²) in [6, 6.07) is 7.51. The third-order valence-corrected chi connectivity index (χ3v) is 10.6. The average molecular weight is 994 g/mol. The van der Waals surface area contributed by atoms with Gasteiger partial charge in [-0.15, -0.1) is 0 Å². The summed E-state index contributed by atoms with van der Waals surface area (Å²) in [7, 11) is 0. The lowest BCUT2D eigenvalue weighted by molar-refractivity contribution is -0.153. The molecule has 0 heterocycles. The molecule has 0 aromatic heterocycles. The van der Waals surface area contributed by atoms with E-state index in [9.17, 15) is 24.0 Å². The number of aliphatic imine (C=N–C) groups is 2. The number of nitrogens with zero attached hydrogens (tertiary/aromatic N) is 3. The standard InChI is InChI=1S/C14H16N2O2.C6H16N2.C6H15N.C6H10O4.C6H14O3.C6H14O2.C5H10O4/c1-13(2,15-9-17)11-6-5-7-12(8-11)14(3,4)16-10-18;1-6(5-8)3-2-4-7;1-4-7(5-2)6-3;7-5(8)3-1-2-4-6(9)10;1-2-6(3-7,4-8)5-9;7-5-3-1-2-4-6-8;1-5(2-6,3-7)4(8)9/h5-8H,1-4H3;6H,2-5,7-8H2,1H3;4-6H2,1-3H3;1-4H2,(H,7,8)(H,9,10);7-9H,2-5H2,1H3;7-8H,1-6H2;6-7H,2-3H2,1H3,(H,8,9). The Morgan fingerprint density at radius 1 is 0.623 bits per heavy atom. The van der Waals surface area contributed by atoms with Gasteiger partial charge < -0.3 is 67.4 Å². The van der Waals surface area contributed by atoms with Gasteiger partial charge >= 0.3 is 17.9 Å². The largest absolute Gasteiger partial charge is 0.481 e. The zero-order valence-electron chi connectivity index (χ0n) is 43.7. The molecule has 1 atom stereocenters. The normalized spacial score (nSPS) is 11.1. The quantitative estimate of drug-likeness (QED) is 0.0318. The maximum atomic E-state index is 10.4. The molecule has 20 heteroatoms. The molecule has 406 valence electrons. The molecule has 1 aromatic carbocycles. The van der Waals surface area contributed by atoms with Gasteiger partial charge in [0.1, 0.15) is 5.41 Å². The smallest absolute Gasteiger partial charge is 0.314 e. The number of carbonyl (C=O) groups excluding carboxylic acids is 2. The number of carboxylic acids is 3. The highest BCUT2D eigenvalue weighted by atomic mass is 16.4. The van der Waals surface area contributed by atoms with Gasteiger partial charge in [-0.05, 0) is 129 Å². The number of unbranched alkanes of at least 4 members (excludes halogenated alkanes) is 4. The molecule has 0 fully saturated rings. The molecule has 69 heavy (non-hydrogen) atoms. The van der Waals surface area contributed by atoms with Gasteiger partial charge in [-0.2, -0.15) is 9.98 Å². The topological polar surface area (TPSA) is 368 Å². The molecule has 1 unspecified atom stereocenters. The molecule has 1 rings (SSSR count). The van der Waals surface area contributed by atoms with Gasteiger partial charge in [-0.25, -0.2) is 9.59 Å². The highest BCUT2D eigenvalue weighted by Gasteiger charge is 2.31. The van der Waals surface area contributed by atoms with Crippen molar-refractivity contribution < 1.29 is 75.0 Å². The monoisotopic (exact) mass is 994 g/mol. The predicted octanol–water partition coefficient (Wildman–Crippen LogP) is 4.17. The van der Waals surface area contributed by atoms with Crippen LogP contribution in [0.25, 0.3) is 0 Å². The number of hydrogen-bond donors (Lipinski definition) is 12. The van der Waals surface area contributed by atoms with Gasteiger partial charge in [-0.1, -0.05) is 71.7 Å². The number of hydrogen-bond acceptors (Lipinski definition) is 17. The first-order valence-electron chi connectivity index (χ1n) is 23.7. The Labute approximate surface area is 412 Å². The molecule has 0 saturated carbocycles. The number of benzene rings is 1. The summed E-state index contributed by atoms with van der Waals surface area (Å²) in [6.07, 6.45) is 10.9. The lowest BCUT2D eigenvalue weighted by atomic mass is 9.88. The summed E-state index contributed by atoms with van der Waals surface area (Å²) in [5.41, 5.74) is 9.07. The van der Waals surface area contributed by atoms with Crippen molar-refractivity contribution in [2.24, 2.45) is 38.2 Å². The van der Waals surface area contributed by atoms with Crippen LogP contribution >= 0.6 is 0 Å². The summed E-state index contributed by atoms with van der Waals surface area (Å²) in [4.78, 5) is 60.7. The second-order valence-electron chi connectivity index (χ2n) is 17.4. The Morgan fingerprint density at radius 3 is 1.19 bits per heavy atom. The summed E-state index contributed by atoms with van der Waals surface area (Å²) < 4.78 is 0. The van der Waals surface area contributed by atoms with Crippen LogP contribution in [0.5, 0.6) is 0 Å². The summed E-state index contributed by atoms with van der Waals surface area (Å²) in [5, 5.41) is 84.0. The van der Waals surface area contributed by atoms with Gasteiger partial charge in [-0.3, -0.25) is 14.4 Å². The fourth-order valence-corrected chi connectivity index (χ4v) is 4.69. The zero-order chi connectivity index (χ0) is 55.0. The van der Waals surface area contributed by atoms with Crippen molar-refractivity contribution in [1.29, 1.82) is 0 Å². The number of aliphatic hydroxyl groups excluding tert-OH is 7. The number of rotatable bonds is 28. The van der Waals surface area contributed by atoms with Crippen molar-refractivity contribution >= 4 is 30.1 Å². The van der Waals surface area contributed by atoms with Crippen LogP contribution in [-0.4, -0.2) is 165 Å². The van der Waals surface area contributed by atoms with E-state index in [1.807, 2.05) is 58.9 Å². The summed E-state index contributed by atoms with van der Waals surface area (Å²) in [5.74, 6) is -2.28. The first-order valence-corrected chi connectivity index (χ1v) is 23.7. The van der Waals surface area contributed by atoms with E-state index in [2.05, 4.69) is 42.6 Å². The lowest BCUT2D eigenvalue weighted by Crippen LogP contribution is -2.35. The van der Waals surface area contributed by atoms with Crippen molar-refractivity contribution in [2.45, 2.75) is 151 Å². The van der Waals surface area contributed by atoms with Crippen LogP contribution in [0.2, 0.25) is 0 Å². The van der Waals surface area contributed by atoms with Crippen LogP contribution in [0.15, 0.2) is 34.3 Å². The van der Waals surface area contributed by atoms with Crippen LogP contribution in [0.1, 0.15) is 151 Å². The Morgan fingerprint density at radius 2 is 1.00 bits per heavy atom. The number of nitrogens with two attached hydrogens (primary N) is 2. The minimum absolute atomic E-state index is 0.0628. The van der Waals surface area contributed by atoms with Crippen LogP contribution in [0.4, 0.5) is 0 Å². The number of aliphatic hydroxyl groups is 7. The van der Waals surface area contributed by atoms with Gasteiger partial charge in [0.2, 0.25) is 12.2 Å². The first kappa shape index (κ1) is 76.5. The third kappa shape index (κ3) is 44.9. The van der Waals surface area contributed by atoms with Gasteiger partial charge in [0.15, 0.2) is 0 Å². The third-order valence-electron chi connectivity index (χ3n) is 10.6. The molecule has 0 radical (unpaired) electrons. The highest BCUT2D eigenvalue weighted by molar-refractivity contribution is 5.74. The van der Waals surface area contributed by atoms with E-state index in [0.717, 1.165) is 56.3 Å². The Balaban J connectivity index is -0.000000173. The van der Waals surface area contributed by atoms with E-state index in [4.69, 9.17) is 62.5 Å². The molecule has 0 bridgehead atoms. The van der Waals surface area contributed by atoms with Crippen LogP contribution in [-0.2, 0) is 35.1 Å². The van der Waals surface area contributed by atoms with Gasteiger partial charge in [0.05, 0.1) is 44.1 Å². The number of carboxylic acid groups (broad SMARTS) is 3. The van der Waals surface area contributed by atoms with Crippen LogP contribution in [0.3, 0.4) is 0 Å². The van der Waals surface area contributed by atoms with E-state index in [0.29, 0.717) is 25.2 Å². The molecule has 20 nitrogen and oxygen atoms in total. The number of isocyanates is 2. The van der Waals surface area contributed by atoms with Gasteiger partial charge in [0, 0.05) is 31.5 Å². The fourth-order valence-electron chi connectivity index (χ4n) is 4.69. The Hall–Kier alpha value is -4.01. The molecule has 1 aromatic rings. The molecule has 0 amide bonds. The average Bonchev–Trinajstić information content (AvgIpc) is 3.33. The molecule has 0 spiro atoms. The van der Waals surface area contributed by atoms with Gasteiger partial charge in [0.25, 0.3) is 0 Å². The number of carbonyl (C=O) groups is 3. The fraction of sp³-hybridized carbons (Fsp3) is 0.776. The molecular weight excluding hydrogens is 899 g/mol. The SMILES string of the molecule is CC(C)(N=C=O)c1cccc(C(C)(C)N=C=O)c1.CC(CN)CCCN.CC(CO)(CO)C(=O)O.CCC(CO)(CO)CO.CCN(CC)CC.O=C(O)CCCCC(=O)O.OCCCCCCO. The predicted molar refractivity (Wildman–Crippen MR) is 269 cm³/mol. The lowest BCUT2D eigenvalue weighted by Gasteiger charge is -2.24. The minimum atomic E-state index is -1.39. The first-order chi connectivity index (χ1) is 32.3. The van der Waals surface area contributed by atoms with Crippen molar-refractivity contribution in [3.63, 3.8) is 0 Å². The molecule has 0 aliphatic carbocycles. The van der Waals surface area contributed by atoms with Crippen molar-refractivity contribution in [2.75, 3.05) is 79.0 Å². The van der Waals surface area contributed by atoms with Crippen molar-refractivity contribution in [3.8, 4) is 0 Å².